The molecule has 112 valence electrons. The van der Waals surface area contributed by atoms with Crippen LogP contribution in [0.3, 0.4) is 0 Å². The van der Waals surface area contributed by atoms with Crippen LogP contribution in [0.1, 0.15) is 19.5 Å². The Hall–Kier alpha value is -2.07. The van der Waals surface area contributed by atoms with E-state index >= 15 is 0 Å². The van der Waals surface area contributed by atoms with Crippen molar-refractivity contribution in [2.24, 2.45) is 5.92 Å². The van der Waals surface area contributed by atoms with Crippen molar-refractivity contribution < 1.29 is 9.47 Å². The van der Waals surface area contributed by atoms with Gasteiger partial charge in [0.2, 0.25) is 5.88 Å². The average molecular weight is 286 g/mol. The monoisotopic (exact) mass is 286 g/mol. The van der Waals surface area contributed by atoms with Gasteiger partial charge in [0.25, 0.3) is 0 Å². The van der Waals surface area contributed by atoms with E-state index in [4.69, 9.17) is 9.47 Å². The Balaban J connectivity index is 1.99. The first-order valence-corrected chi connectivity index (χ1v) is 7.16. The first kappa shape index (κ1) is 15.3. The van der Waals surface area contributed by atoms with Crippen LogP contribution < -0.4 is 14.8 Å². The van der Waals surface area contributed by atoms with Gasteiger partial charge in [-0.1, -0.05) is 26.0 Å². The number of aromatic nitrogens is 1. The van der Waals surface area contributed by atoms with Crippen LogP contribution in [-0.4, -0.2) is 18.6 Å². The zero-order valence-electron chi connectivity index (χ0n) is 12.8. The third kappa shape index (κ3) is 5.08. The zero-order valence-corrected chi connectivity index (χ0v) is 12.8. The van der Waals surface area contributed by atoms with Gasteiger partial charge in [0.05, 0.1) is 12.8 Å². The van der Waals surface area contributed by atoms with Gasteiger partial charge >= 0.3 is 0 Å². The molecule has 0 aliphatic heterocycles. The highest BCUT2D eigenvalue weighted by Gasteiger charge is 2.02. The summed E-state index contributed by atoms with van der Waals surface area (Å²) in [5, 5.41) is 3.37. The van der Waals surface area contributed by atoms with E-state index in [-0.39, 0.29) is 0 Å². The van der Waals surface area contributed by atoms with Crippen LogP contribution in [0.15, 0.2) is 42.5 Å². The molecule has 0 unspecified atom stereocenters. The molecule has 0 saturated carbocycles. The maximum absolute atomic E-state index is 5.77. The molecule has 0 fully saturated rings. The lowest BCUT2D eigenvalue weighted by atomic mass is 10.2. The van der Waals surface area contributed by atoms with E-state index in [0.29, 0.717) is 17.5 Å². The van der Waals surface area contributed by atoms with Crippen molar-refractivity contribution in [2.75, 3.05) is 13.7 Å². The first-order valence-electron chi connectivity index (χ1n) is 7.16. The molecule has 1 aromatic heterocycles. The Kier molecular flexibility index (Phi) is 5.58. The lowest BCUT2D eigenvalue weighted by molar-refractivity contribution is 0.407. The normalized spacial score (nSPS) is 10.7. The molecule has 2 rings (SSSR count). The second-order valence-corrected chi connectivity index (χ2v) is 5.27. The minimum Gasteiger partial charge on any atom is -0.497 e. The minimum absolute atomic E-state index is 0.590. The molecule has 2 aromatic rings. The Morgan fingerprint density at radius 1 is 1.10 bits per heavy atom. The van der Waals surface area contributed by atoms with E-state index in [1.54, 1.807) is 7.11 Å². The first-order chi connectivity index (χ1) is 10.2. The van der Waals surface area contributed by atoms with Crippen molar-refractivity contribution in [2.45, 2.75) is 20.4 Å². The predicted molar refractivity (Wildman–Crippen MR) is 83.8 cm³/mol. The molecule has 0 radical (unpaired) electrons. The second-order valence-electron chi connectivity index (χ2n) is 5.27. The van der Waals surface area contributed by atoms with E-state index in [1.807, 2.05) is 42.5 Å². The molecule has 4 nitrogen and oxygen atoms in total. The number of pyridine rings is 1. The summed E-state index contributed by atoms with van der Waals surface area (Å²) < 4.78 is 11.0. The van der Waals surface area contributed by atoms with Crippen LogP contribution in [-0.2, 0) is 6.54 Å². The summed E-state index contributed by atoms with van der Waals surface area (Å²) in [4.78, 5) is 4.49. The number of rotatable bonds is 7. The summed E-state index contributed by atoms with van der Waals surface area (Å²) >= 11 is 0. The lowest BCUT2D eigenvalue weighted by Crippen LogP contribution is -2.19. The maximum atomic E-state index is 5.77. The molecule has 0 saturated heterocycles. The number of benzene rings is 1. The molecule has 1 heterocycles. The summed E-state index contributed by atoms with van der Waals surface area (Å²) in [7, 11) is 1.64. The van der Waals surface area contributed by atoms with Crippen LogP contribution in [0, 0.1) is 5.92 Å². The predicted octanol–water partition coefficient (Wildman–Crippen LogP) is 3.63. The average Bonchev–Trinajstić information content (AvgIpc) is 2.47. The van der Waals surface area contributed by atoms with Crippen LogP contribution in [0.25, 0.3) is 0 Å². The summed E-state index contributed by atoms with van der Waals surface area (Å²) in [5.74, 6) is 2.70. The number of nitrogens with zero attached hydrogens (tertiary/aromatic N) is 1. The highest BCUT2D eigenvalue weighted by molar-refractivity contribution is 5.35. The summed E-state index contributed by atoms with van der Waals surface area (Å²) in [6.07, 6.45) is 0. The molecular weight excluding hydrogens is 264 g/mol. The number of hydrogen-bond donors (Lipinski definition) is 1. The van der Waals surface area contributed by atoms with Crippen LogP contribution >= 0.6 is 0 Å². The maximum Gasteiger partial charge on any atom is 0.219 e. The minimum atomic E-state index is 0.590. The molecule has 1 N–H and O–H groups in total. The molecule has 0 amide bonds. The van der Waals surface area contributed by atoms with Crippen molar-refractivity contribution in [3.05, 3.63) is 48.2 Å². The molecular formula is C17H22N2O2. The molecule has 0 aliphatic rings. The van der Waals surface area contributed by atoms with Crippen LogP contribution in [0.5, 0.6) is 17.4 Å². The van der Waals surface area contributed by atoms with Gasteiger partial charge in [0.1, 0.15) is 11.5 Å². The SMILES string of the molecule is COc1cccc(Oc2cccc(CNCC(C)C)n2)c1. The molecule has 0 atom stereocenters. The van der Waals surface area contributed by atoms with Gasteiger partial charge in [0, 0.05) is 18.7 Å². The van der Waals surface area contributed by atoms with Gasteiger partial charge in [-0.2, -0.15) is 0 Å². The number of methoxy groups -OCH3 is 1. The summed E-state index contributed by atoms with van der Waals surface area (Å²) in [5.41, 5.74) is 0.969. The number of ether oxygens (including phenoxy) is 2. The van der Waals surface area contributed by atoms with Crippen molar-refractivity contribution in [3.8, 4) is 17.4 Å². The van der Waals surface area contributed by atoms with Gasteiger partial charge in [-0.25, -0.2) is 4.98 Å². The van der Waals surface area contributed by atoms with E-state index < -0.39 is 0 Å². The van der Waals surface area contributed by atoms with Crippen molar-refractivity contribution in [1.82, 2.24) is 10.3 Å². The number of hydrogen-bond acceptors (Lipinski definition) is 4. The smallest absolute Gasteiger partial charge is 0.219 e. The summed E-state index contributed by atoms with van der Waals surface area (Å²) in [6, 6.07) is 13.3. The zero-order chi connectivity index (χ0) is 15.1. The van der Waals surface area contributed by atoms with Gasteiger partial charge in [-0.05, 0) is 30.7 Å². The molecule has 0 aliphatic carbocycles. The van der Waals surface area contributed by atoms with E-state index in [2.05, 4.69) is 24.1 Å². The van der Waals surface area contributed by atoms with E-state index in [0.717, 1.165) is 24.5 Å². The quantitative estimate of drug-likeness (QED) is 0.844. The highest BCUT2D eigenvalue weighted by atomic mass is 16.5. The van der Waals surface area contributed by atoms with Gasteiger partial charge in [0.15, 0.2) is 0 Å². The second kappa shape index (κ2) is 7.64. The summed E-state index contributed by atoms with van der Waals surface area (Å²) in [6.45, 7) is 6.08. The number of nitrogens with one attached hydrogen (secondary N) is 1. The van der Waals surface area contributed by atoms with Crippen molar-refractivity contribution in [1.29, 1.82) is 0 Å². The Bertz CT molecular complexity index is 570. The standard InChI is InChI=1S/C17H22N2O2/c1-13(2)11-18-12-14-6-4-9-17(19-14)21-16-8-5-7-15(10-16)20-3/h4-10,13,18H,11-12H2,1-3H3. The Labute approximate surface area is 126 Å². The molecule has 0 bridgehead atoms. The topological polar surface area (TPSA) is 43.4 Å². The molecule has 1 aromatic carbocycles. The van der Waals surface area contributed by atoms with Gasteiger partial charge < -0.3 is 14.8 Å². The molecule has 0 spiro atoms. The molecule has 21 heavy (non-hydrogen) atoms. The van der Waals surface area contributed by atoms with Crippen LogP contribution in [0.4, 0.5) is 0 Å². The fourth-order valence-electron chi connectivity index (χ4n) is 1.89. The molecule has 4 heteroatoms. The van der Waals surface area contributed by atoms with Crippen molar-refractivity contribution >= 4 is 0 Å². The lowest BCUT2D eigenvalue weighted by Gasteiger charge is -2.09. The third-order valence-electron chi connectivity index (χ3n) is 2.90. The Morgan fingerprint density at radius 3 is 2.62 bits per heavy atom. The van der Waals surface area contributed by atoms with E-state index in [9.17, 15) is 0 Å². The Morgan fingerprint density at radius 2 is 1.86 bits per heavy atom. The van der Waals surface area contributed by atoms with Crippen molar-refractivity contribution in [3.63, 3.8) is 0 Å². The fourth-order valence-corrected chi connectivity index (χ4v) is 1.89. The van der Waals surface area contributed by atoms with Gasteiger partial charge in [-0.15, -0.1) is 0 Å². The third-order valence-corrected chi connectivity index (χ3v) is 2.90. The fraction of sp³-hybridized carbons (Fsp3) is 0.353. The van der Waals surface area contributed by atoms with Crippen LogP contribution in [0.2, 0.25) is 0 Å². The van der Waals surface area contributed by atoms with E-state index in [1.165, 1.54) is 0 Å². The largest absolute Gasteiger partial charge is 0.497 e. The highest BCUT2D eigenvalue weighted by Crippen LogP contribution is 2.23. The van der Waals surface area contributed by atoms with Gasteiger partial charge in [-0.3, -0.25) is 0 Å².